The summed E-state index contributed by atoms with van der Waals surface area (Å²) < 4.78 is 0. The predicted octanol–water partition coefficient (Wildman–Crippen LogP) is 3.81. The second-order valence-electron chi connectivity index (χ2n) is 8.61. The molecule has 32 heavy (non-hydrogen) atoms. The van der Waals surface area contributed by atoms with Crippen molar-refractivity contribution in [2.45, 2.75) is 43.7 Å². The van der Waals surface area contributed by atoms with Crippen LogP contribution < -0.4 is 0 Å². The topological polar surface area (TPSA) is 103 Å². The van der Waals surface area contributed by atoms with Gasteiger partial charge in [0.25, 0.3) is 5.91 Å². The maximum absolute atomic E-state index is 12.8. The van der Waals surface area contributed by atoms with Crippen LogP contribution in [0, 0.1) is 0 Å². The Morgan fingerprint density at radius 1 is 0.906 bits per heavy atom. The first kappa shape index (κ1) is 18.9. The number of hydrogen-bond donors (Lipinski definition) is 2. The number of piperidine rings is 1. The largest absolute Gasteiger partial charge is 0.330 e. The number of nitrogens with one attached hydrogen (secondary N) is 2. The Kier molecular flexibility index (Phi) is 4.56. The number of carbonyl (C=O) groups excluding carboxylic acids is 1. The van der Waals surface area contributed by atoms with E-state index >= 15 is 0 Å². The van der Waals surface area contributed by atoms with E-state index in [-0.39, 0.29) is 18.0 Å². The number of nitrogens with zero attached hydrogens (tertiary/aromatic N) is 5. The fourth-order valence-corrected chi connectivity index (χ4v) is 5.21. The summed E-state index contributed by atoms with van der Waals surface area (Å²) in [5.41, 5.74) is 5.08. The van der Waals surface area contributed by atoms with Gasteiger partial charge in [-0.05, 0) is 43.9 Å². The summed E-state index contributed by atoms with van der Waals surface area (Å²) in [7, 11) is 0. The third kappa shape index (κ3) is 3.28. The first-order chi connectivity index (χ1) is 15.8. The van der Waals surface area contributed by atoms with Gasteiger partial charge in [0.1, 0.15) is 6.33 Å². The molecule has 0 aliphatic carbocycles. The van der Waals surface area contributed by atoms with E-state index in [2.05, 4.69) is 54.6 Å². The van der Waals surface area contributed by atoms with Gasteiger partial charge in [-0.1, -0.05) is 30.3 Å². The van der Waals surface area contributed by atoms with E-state index < -0.39 is 0 Å². The van der Waals surface area contributed by atoms with Gasteiger partial charge in [-0.2, -0.15) is 10.2 Å². The first-order valence-electron chi connectivity index (χ1n) is 11.0. The van der Waals surface area contributed by atoms with Crippen LogP contribution in [0.15, 0.2) is 61.1 Å². The highest BCUT2D eigenvalue weighted by Crippen LogP contribution is 2.43. The molecule has 2 atom stereocenters. The lowest BCUT2D eigenvalue weighted by atomic mass is 9.88. The van der Waals surface area contributed by atoms with Crippen LogP contribution in [-0.4, -0.2) is 53.3 Å². The fourth-order valence-electron chi connectivity index (χ4n) is 5.21. The third-order valence-electron chi connectivity index (χ3n) is 6.75. The molecule has 0 spiro atoms. The fraction of sp³-hybridized carbons (Fsp3) is 0.292. The number of rotatable bonds is 4. The SMILES string of the molecule is O=C(c1ncn[nH]1)N1C2CCC1CC(c1cc(-c3ccc(-c4ccccc4)nc3)n[nH]1)C2. The number of pyridine rings is 1. The summed E-state index contributed by atoms with van der Waals surface area (Å²) in [6, 6.07) is 16.9. The maximum Gasteiger partial charge on any atom is 0.291 e. The minimum Gasteiger partial charge on any atom is -0.330 e. The zero-order chi connectivity index (χ0) is 21.5. The highest BCUT2D eigenvalue weighted by atomic mass is 16.2. The summed E-state index contributed by atoms with van der Waals surface area (Å²) in [5, 5.41) is 14.3. The number of H-pyrrole nitrogens is 2. The number of carbonyl (C=O) groups is 1. The zero-order valence-electron chi connectivity index (χ0n) is 17.5. The number of fused-ring (bicyclic) bond motifs is 2. The molecule has 160 valence electrons. The Hall–Kier alpha value is -3.81. The van der Waals surface area contributed by atoms with E-state index in [1.54, 1.807) is 0 Å². The Bertz CT molecular complexity index is 1200. The molecule has 5 heterocycles. The van der Waals surface area contributed by atoms with Crippen molar-refractivity contribution >= 4 is 5.91 Å². The molecule has 1 aromatic carbocycles. The smallest absolute Gasteiger partial charge is 0.291 e. The summed E-state index contributed by atoms with van der Waals surface area (Å²) in [6.45, 7) is 0. The Morgan fingerprint density at radius 3 is 2.41 bits per heavy atom. The van der Waals surface area contributed by atoms with Crippen molar-refractivity contribution in [3.63, 3.8) is 0 Å². The summed E-state index contributed by atoms with van der Waals surface area (Å²) in [6.07, 6.45) is 7.20. The molecular weight excluding hydrogens is 402 g/mol. The third-order valence-corrected chi connectivity index (χ3v) is 6.75. The van der Waals surface area contributed by atoms with Gasteiger partial charge in [0, 0.05) is 41.0 Å². The Balaban J connectivity index is 1.18. The van der Waals surface area contributed by atoms with Gasteiger partial charge in [-0.3, -0.25) is 20.0 Å². The lowest BCUT2D eigenvalue weighted by Crippen LogP contribution is -2.46. The molecule has 2 unspecified atom stereocenters. The summed E-state index contributed by atoms with van der Waals surface area (Å²) >= 11 is 0. The molecule has 2 saturated heterocycles. The van der Waals surface area contributed by atoms with Crippen LogP contribution in [0.1, 0.15) is 47.9 Å². The van der Waals surface area contributed by atoms with Crippen LogP contribution in [0.5, 0.6) is 0 Å². The minimum absolute atomic E-state index is 0.0386. The number of hydrogen-bond acceptors (Lipinski definition) is 5. The molecule has 2 fully saturated rings. The van der Waals surface area contributed by atoms with Gasteiger partial charge in [-0.15, -0.1) is 0 Å². The minimum atomic E-state index is -0.0386. The van der Waals surface area contributed by atoms with Crippen molar-refractivity contribution in [2.75, 3.05) is 0 Å². The molecule has 2 aliphatic heterocycles. The molecule has 2 aliphatic rings. The molecular formula is C24H23N7O. The number of amides is 1. The summed E-state index contributed by atoms with van der Waals surface area (Å²) in [4.78, 5) is 23.5. The molecule has 4 aromatic rings. The molecule has 2 bridgehead atoms. The first-order valence-corrected chi connectivity index (χ1v) is 11.0. The van der Waals surface area contributed by atoms with Gasteiger partial charge in [0.2, 0.25) is 5.82 Å². The molecule has 2 N–H and O–H groups in total. The van der Waals surface area contributed by atoms with Gasteiger partial charge >= 0.3 is 0 Å². The zero-order valence-corrected chi connectivity index (χ0v) is 17.5. The van der Waals surface area contributed by atoms with Gasteiger partial charge < -0.3 is 4.90 Å². The quantitative estimate of drug-likeness (QED) is 0.518. The van der Waals surface area contributed by atoms with E-state index in [1.807, 2.05) is 35.4 Å². The van der Waals surface area contributed by atoms with E-state index in [0.29, 0.717) is 11.7 Å². The molecule has 8 nitrogen and oxygen atoms in total. The normalized spacial score (nSPS) is 22.2. The second-order valence-corrected chi connectivity index (χ2v) is 8.61. The van der Waals surface area contributed by atoms with Crippen molar-refractivity contribution in [1.82, 2.24) is 35.3 Å². The lowest BCUT2D eigenvalue weighted by molar-refractivity contribution is 0.0557. The van der Waals surface area contributed by atoms with Crippen LogP contribution >= 0.6 is 0 Å². The van der Waals surface area contributed by atoms with Crippen molar-refractivity contribution in [2.24, 2.45) is 0 Å². The standard InChI is InChI=1S/C24H23N7O/c32-24(23-26-14-27-30-23)31-18-7-8-19(31)11-17(10-18)22-12-21(28-29-22)16-6-9-20(25-13-16)15-4-2-1-3-5-15/h1-6,9,12-14,17-19H,7-8,10-11H2,(H,28,29)(H,26,27,30). The van der Waals surface area contributed by atoms with Gasteiger partial charge in [-0.25, -0.2) is 4.98 Å². The Labute approximate surface area is 185 Å². The monoisotopic (exact) mass is 425 g/mol. The predicted molar refractivity (Wildman–Crippen MR) is 119 cm³/mol. The average molecular weight is 425 g/mol. The summed E-state index contributed by atoms with van der Waals surface area (Å²) in [5.74, 6) is 0.656. The van der Waals surface area contributed by atoms with E-state index in [4.69, 9.17) is 0 Å². The second kappa shape index (κ2) is 7.71. The molecule has 0 saturated carbocycles. The molecule has 8 heteroatoms. The molecule has 6 rings (SSSR count). The van der Waals surface area contributed by atoms with Gasteiger partial charge in [0.05, 0.1) is 11.4 Å². The van der Waals surface area contributed by atoms with E-state index in [1.165, 1.54) is 6.33 Å². The van der Waals surface area contributed by atoms with Crippen molar-refractivity contribution in [1.29, 1.82) is 0 Å². The Morgan fingerprint density at radius 2 is 1.72 bits per heavy atom. The van der Waals surface area contributed by atoms with Crippen molar-refractivity contribution < 1.29 is 4.79 Å². The molecule has 0 radical (unpaired) electrons. The number of aromatic nitrogens is 6. The van der Waals surface area contributed by atoms with Gasteiger partial charge in [0.15, 0.2) is 0 Å². The highest BCUT2D eigenvalue weighted by Gasteiger charge is 2.44. The van der Waals surface area contributed by atoms with Crippen LogP contribution in [0.4, 0.5) is 0 Å². The van der Waals surface area contributed by atoms with Crippen LogP contribution in [0.3, 0.4) is 0 Å². The van der Waals surface area contributed by atoms with Crippen molar-refractivity contribution in [3.05, 3.63) is 72.6 Å². The van der Waals surface area contributed by atoms with Crippen LogP contribution in [0.25, 0.3) is 22.5 Å². The van der Waals surface area contributed by atoms with Crippen LogP contribution in [0.2, 0.25) is 0 Å². The number of aromatic amines is 2. The average Bonchev–Trinajstić information content (AvgIpc) is 3.60. The van der Waals surface area contributed by atoms with E-state index in [9.17, 15) is 4.79 Å². The van der Waals surface area contributed by atoms with Crippen LogP contribution in [-0.2, 0) is 0 Å². The maximum atomic E-state index is 12.8. The van der Waals surface area contributed by atoms with E-state index in [0.717, 1.165) is 53.9 Å². The number of benzene rings is 1. The molecule has 3 aromatic heterocycles. The lowest BCUT2D eigenvalue weighted by Gasteiger charge is -2.38. The highest BCUT2D eigenvalue weighted by molar-refractivity contribution is 5.91. The van der Waals surface area contributed by atoms with Crippen molar-refractivity contribution in [3.8, 4) is 22.5 Å². The molecule has 1 amide bonds.